The van der Waals surface area contributed by atoms with E-state index in [9.17, 15) is 14.4 Å². The zero-order chi connectivity index (χ0) is 23.6. The molecule has 33 heavy (non-hydrogen) atoms. The monoisotopic (exact) mass is 444 g/mol. The normalized spacial score (nSPS) is 19.6. The van der Waals surface area contributed by atoms with Gasteiger partial charge in [-0.05, 0) is 73.9 Å². The van der Waals surface area contributed by atoms with Gasteiger partial charge in [0, 0.05) is 12.2 Å². The number of carbonyl (C=O) groups excluding carboxylic acids is 3. The minimum atomic E-state index is -1.12. The van der Waals surface area contributed by atoms with Gasteiger partial charge in [0.1, 0.15) is 12.1 Å². The van der Waals surface area contributed by atoms with Crippen LogP contribution < -0.4 is 10.2 Å². The molecule has 0 saturated carbocycles. The van der Waals surface area contributed by atoms with E-state index in [1.807, 2.05) is 56.3 Å². The summed E-state index contributed by atoms with van der Waals surface area (Å²) in [6.45, 7) is 3.76. The molecule has 4 rings (SSSR count). The van der Waals surface area contributed by atoms with Gasteiger partial charge in [0.05, 0.1) is 12.5 Å². The first kappa shape index (κ1) is 22.5. The molecule has 1 aliphatic heterocycles. The number of imide groups is 1. The summed E-state index contributed by atoms with van der Waals surface area (Å²) in [7, 11) is 0. The number of urea groups is 1. The number of fused-ring (bicyclic) bond motifs is 2. The molecule has 1 spiro atoms. The van der Waals surface area contributed by atoms with Crippen molar-refractivity contribution < 1.29 is 14.4 Å². The summed E-state index contributed by atoms with van der Waals surface area (Å²) in [4.78, 5) is 42.4. The van der Waals surface area contributed by atoms with E-state index in [1.165, 1.54) is 4.90 Å². The van der Waals surface area contributed by atoms with E-state index >= 15 is 0 Å². The van der Waals surface area contributed by atoms with Gasteiger partial charge in [0.25, 0.3) is 5.91 Å². The summed E-state index contributed by atoms with van der Waals surface area (Å²) in [6.07, 6.45) is 3.26. The first-order valence-corrected chi connectivity index (χ1v) is 11.3. The smallest absolute Gasteiger partial charge is 0.319 e. The van der Waals surface area contributed by atoms with Crippen LogP contribution in [0, 0.1) is 25.2 Å². The van der Waals surface area contributed by atoms with Crippen LogP contribution in [0.4, 0.5) is 10.5 Å². The second kappa shape index (κ2) is 9.07. The maximum absolute atomic E-state index is 13.6. The average Bonchev–Trinajstić information content (AvgIpc) is 2.94. The summed E-state index contributed by atoms with van der Waals surface area (Å²) < 4.78 is 0. The van der Waals surface area contributed by atoms with Crippen molar-refractivity contribution in [2.45, 2.75) is 51.5 Å². The molecule has 2 aromatic rings. The van der Waals surface area contributed by atoms with Gasteiger partial charge in [0.2, 0.25) is 5.91 Å². The van der Waals surface area contributed by atoms with E-state index in [0.29, 0.717) is 12.1 Å². The van der Waals surface area contributed by atoms with Crippen LogP contribution in [-0.4, -0.2) is 35.8 Å². The number of aryl methyl sites for hydroxylation is 3. The Morgan fingerprint density at radius 2 is 1.94 bits per heavy atom. The molecular formula is C26H28N4O3. The van der Waals surface area contributed by atoms with Crippen molar-refractivity contribution in [2.75, 3.05) is 18.0 Å². The molecule has 1 saturated heterocycles. The molecule has 4 amide bonds. The summed E-state index contributed by atoms with van der Waals surface area (Å²) in [5.74, 6) is -0.772. The molecule has 7 nitrogen and oxygen atoms in total. The predicted molar refractivity (Wildman–Crippen MR) is 124 cm³/mol. The topological polar surface area (TPSA) is 93.5 Å². The molecular weight excluding hydrogens is 416 g/mol. The fraction of sp³-hybridized carbons (Fsp3) is 0.385. The van der Waals surface area contributed by atoms with Crippen LogP contribution in [0.2, 0.25) is 0 Å². The molecule has 1 heterocycles. The zero-order valence-electron chi connectivity index (χ0n) is 19.1. The van der Waals surface area contributed by atoms with E-state index in [2.05, 4.69) is 11.4 Å². The van der Waals surface area contributed by atoms with Gasteiger partial charge in [-0.1, -0.05) is 30.3 Å². The van der Waals surface area contributed by atoms with Crippen molar-refractivity contribution in [3.05, 3.63) is 64.7 Å². The molecule has 1 aliphatic carbocycles. The standard InChI is InChI=1S/C26H28N4O3/c1-18-11-12-21(16-19(18)2)29(15-7-14-27)23(31)17-30-24(32)26(28-25(30)33)13-6-5-9-20-8-3-4-10-22(20)26/h3-4,8,10-12,16H,5-7,9,13,15,17H2,1-2H3,(H,28,33). The van der Waals surface area contributed by atoms with Crippen LogP contribution in [0.3, 0.4) is 0 Å². The van der Waals surface area contributed by atoms with Crippen molar-refractivity contribution in [1.29, 1.82) is 5.26 Å². The number of hydrogen-bond donors (Lipinski definition) is 1. The molecule has 1 N–H and O–H groups in total. The predicted octanol–water partition coefficient (Wildman–Crippen LogP) is 3.72. The van der Waals surface area contributed by atoms with Gasteiger partial charge >= 0.3 is 6.03 Å². The Morgan fingerprint density at radius 3 is 2.70 bits per heavy atom. The number of amides is 4. The minimum absolute atomic E-state index is 0.149. The van der Waals surface area contributed by atoms with E-state index in [0.717, 1.165) is 46.4 Å². The second-order valence-electron chi connectivity index (χ2n) is 8.81. The maximum Gasteiger partial charge on any atom is 0.325 e. The van der Waals surface area contributed by atoms with Crippen LogP contribution in [0.5, 0.6) is 0 Å². The third-order valence-corrected chi connectivity index (χ3v) is 6.74. The molecule has 1 atom stereocenters. The first-order valence-electron chi connectivity index (χ1n) is 11.3. The molecule has 2 aliphatic rings. The number of nitriles is 1. The highest BCUT2D eigenvalue weighted by molar-refractivity contribution is 6.11. The van der Waals surface area contributed by atoms with Gasteiger partial charge in [-0.15, -0.1) is 0 Å². The molecule has 170 valence electrons. The Hall–Kier alpha value is -3.66. The lowest BCUT2D eigenvalue weighted by atomic mass is 9.84. The number of benzene rings is 2. The Balaban J connectivity index is 1.62. The SMILES string of the molecule is Cc1ccc(N(CCC#N)C(=O)CN2C(=O)NC3(CCCCc4ccccc43)C2=O)cc1C. The summed E-state index contributed by atoms with van der Waals surface area (Å²) >= 11 is 0. The summed E-state index contributed by atoms with van der Waals surface area (Å²) in [6, 6.07) is 14.9. The van der Waals surface area contributed by atoms with Crippen molar-refractivity contribution in [3.8, 4) is 6.07 Å². The molecule has 0 radical (unpaired) electrons. The highest BCUT2D eigenvalue weighted by Crippen LogP contribution is 2.39. The quantitative estimate of drug-likeness (QED) is 0.711. The third kappa shape index (κ3) is 4.09. The lowest BCUT2D eigenvalue weighted by Gasteiger charge is -2.28. The van der Waals surface area contributed by atoms with E-state index in [-0.39, 0.29) is 25.4 Å². The highest BCUT2D eigenvalue weighted by Gasteiger charge is 2.53. The Labute approximate surface area is 194 Å². The van der Waals surface area contributed by atoms with Crippen molar-refractivity contribution in [3.63, 3.8) is 0 Å². The Morgan fingerprint density at radius 1 is 1.15 bits per heavy atom. The van der Waals surface area contributed by atoms with E-state index in [4.69, 9.17) is 5.26 Å². The van der Waals surface area contributed by atoms with E-state index < -0.39 is 17.5 Å². The van der Waals surface area contributed by atoms with Crippen molar-refractivity contribution >= 4 is 23.5 Å². The number of nitrogens with one attached hydrogen (secondary N) is 1. The van der Waals surface area contributed by atoms with Crippen LogP contribution in [0.15, 0.2) is 42.5 Å². The van der Waals surface area contributed by atoms with Crippen molar-refractivity contribution in [1.82, 2.24) is 10.2 Å². The molecule has 7 heteroatoms. The van der Waals surface area contributed by atoms with Crippen LogP contribution >= 0.6 is 0 Å². The molecule has 1 unspecified atom stereocenters. The average molecular weight is 445 g/mol. The first-order chi connectivity index (χ1) is 15.9. The molecule has 1 fully saturated rings. The van der Waals surface area contributed by atoms with Gasteiger partial charge in [-0.3, -0.25) is 14.5 Å². The molecule has 0 bridgehead atoms. The largest absolute Gasteiger partial charge is 0.325 e. The lowest BCUT2D eigenvalue weighted by Crippen LogP contribution is -2.46. The fourth-order valence-electron chi connectivity index (χ4n) is 4.79. The van der Waals surface area contributed by atoms with E-state index in [1.54, 1.807) is 0 Å². The highest BCUT2D eigenvalue weighted by atomic mass is 16.2. The van der Waals surface area contributed by atoms with Crippen LogP contribution in [0.1, 0.15) is 47.9 Å². The number of rotatable bonds is 5. The van der Waals surface area contributed by atoms with Crippen LogP contribution in [-0.2, 0) is 21.5 Å². The van der Waals surface area contributed by atoms with Gasteiger partial charge in [-0.25, -0.2) is 4.79 Å². The summed E-state index contributed by atoms with van der Waals surface area (Å²) in [5.41, 5.74) is 3.53. The Kier molecular flexibility index (Phi) is 6.19. The number of hydrogen-bond acceptors (Lipinski definition) is 4. The third-order valence-electron chi connectivity index (χ3n) is 6.74. The minimum Gasteiger partial charge on any atom is -0.319 e. The van der Waals surface area contributed by atoms with Gasteiger partial charge in [0.15, 0.2) is 0 Å². The number of carbonyl (C=O) groups is 3. The van der Waals surface area contributed by atoms with Crippen LogP contribution in [0.25, 0.3) is 0 Å². The molecule has 2 aromatic carbocycles. The fourth-order valence-corrected chi connectivity index (χ4v) is 4.79. The van der Waals surface area contributed by atoms with Gasteiger partial charge < -0.3 is 10.2 Å². The maximum atomic E-state index is 13.6. The second-order valence-corrected chi connectivity index (χ2v) is 8.81. The van der Waals surface area contributed by atoms with Gasteiger partial charge in [-0.2, -0.15) is 5.26 Å². The lowest BCUT2D eigenvalue weighted by molar-refractivity contribution is -0.134. The summed E-state index contributed by atoms with van der Waals surface area (Å²) in [5, 5.41) is 12.0. The number of nitrogens with zero attached hydrogens (tertiary/aromatic N) is 3. The van der Waals surface area contributed by atoms with Crippen molar-refractivity contribution in [2.24, 2.45) is 0 Å². The zero-order valence-corrected chi connectivity index (χ0v) is 19.1. The molecule has 0 aromatic heterocycles. The number of anilines is 1. The Bertz CT molecular complexity index is 1150.